The number of amides is 1. The maximum absolute atomic E-state index is 12.8. The van der Waals surface area contributed by atoms with Gasteiger partial charge in [0, 0.05) is 48.4 Å². The molecular weight excluding hydrogens is 392 g/mol. The molecule has 0 aliphatic carbocycles. The van der Waals surface area contributed by atoms with Crippen LogP contribution in [0.2, 0.25) is 0 Å². The van der Waals surface area contributed by atoms with Crippen LogP contribution in [0.5, 0.6) is 5.75 Å². The van der Waals surface area contributed by atoms with E-state index in [0.717, 1.165) is 28.3 Å². The van der Waals surface area contributed by atoms with E-state index in [1.54, 1.807) is 12.1 Å². The van der Waals surface area contributed by atoms with Gasteiger partial charge in [-0.25, -0.2) is 9.50 Å². The molecule has 4 rings (SSSR count). The minimum absolute atomic E-state index is 0.0762. The van der Waals surface area contributed by atoms with E-state index in [1.165, 1.54) is 12.1 Å². The molecular formula is C24H28N4O3. The Kier molecular flexibility index (Phi) is 5.76. The number of carbonyl (C=O) groups is 2. The Morgan fingerprint density at radius 3 is 2.45 bits per heavy atom. The first-order valence-electron chi connectivity index (χ1n) is 10.8. The molecule has 2 aromatic heterocycles. The van der Waals surface area contributed by atoms with Gasteiger partial charge in [-0.3, -0.25) is 9.59 Å². The zero-order chi connectivity index (χ0) is 22.1. The fraction of sp³-hybridized carbons (Fsp3) is 0.417. The third-order valence-electron chi connectivity index (χ3n) is 6.25. The minimum Gasteiger partial charge on any atom is -0.508 e. The normalized spacial score (nSPS) is 14.9. The van der Waals surface area contributed by atoms with Gasteiger partial charge in [0.2, 0.25) is 5.91 Å². The van der Waals surface area contributed by atoms with Crippen LogP contribution >= 0.6 is 0 Å². The number of fused-ring (bicyclic) bond motifs is 1. The molecule has 1 aliphatic rings. The molecule has 1 aliphatic heterocycles. The molecule has 0 bridgehead atoms. The zero-order valence-electron chi connectivity index (χ0n) is 18.3. The number of rotatable bonds is 5. The third kappa shape index (κ3) is 4.31. The van der Waals surface area contributed by atoms with Gasteiger partial charge < -0.3 is 10.0 Å². The molecule has 0 unspecified atom stereocenters. The summed E-state index contributed by atoms with van der Waals surface area (Å²) in [7, 11) is 0. The molecule has 7 heteroatoms. The Labute approximate surface area is 181 Å². The number of carbonyl (C=O) groups excluding carboxylic acids is 2. The van der Waals surface area contributed by atoms with Gasteiger partial charge in [0.1, 0.15) is 5.75 Å². The van der Waals surface area contributed by atoms with Crippen molar-refractivity contribution in [1.82, 2.24) is 19.5 Å². The van der Waals surface area contributed by atoms with E-state index < -0.39 is 0 Å². The third-order valence-corrected chi connectivity index (χ3v) is 6.25. The number of aromatic hydroxyl groups is 1. The first-order valence-corrected chi connectivity index (χ1v) is 10.8. The molecule has 1 fully saturated rings. The second kappa shape index (κ2) is 8.49. The number of ketones is 1. The number of aromatic nitrogens is 3. The molecule has 162 valence electrons. The first-order chi connectivity index (χ1) is 14.8. The van der Waals surface area contributed by atoms with Crippen LogP contribution in [-0.2, 0) is 11.2 Å². The van der Waals surface area contributed by atoms with Crippen molar-refractivity contribution < 1.29 is 14.7 Å². The molecule has 0 saturated carbocycles. The van der Waals surface area contributed by atoms with Crippen LogP contribution in [0, 0.1) is 26.7 Å². The lowest BCUT2D eigenvalue weighted by Crippen LogP contribution is -2.40. The van der Waals surface area contributed by atoms with Gasteiger partial charge in [-0.05, 0) is 69.9 Å². The van der Waals surface area contributed by atoms with Gasteiger partial charge in [-0.1, -0.05) is 0 Å². The van der Waals surface area contributed by atoms with Crippen LogP contribution in [0.25, 0.3) is 5.65 Å². The molecule has 3 heterocycles. The van der Waals surface area contributed by atoms with Crippen molar-refractivity contribution in [3.8, 4) is 5.75 Å². The Balaban J connectivity index is 1.35. The number of phenolic OH excluding ortho intramolecular Hbond substituents is 1. The quantitative estimate of drug-likeness (QED) is 0.639. The number of nitrogens with zero attached hydrogens (tertiary/aromatic N) is 4. The van der Waals surface area contributed by atoms with Crippen molar-refractivity contribution in [2.24, 2.45) is 5.92 Å². The fourth-order valence-corrected chi connectivity index (χ4v) is 4.45. The lowest BCUT2D eigenvalue weighted by molar-refractivity contribution is -0.132. The highest BCUT2D eigenvalue weighted by Gasteiger charge is 2.28. The fourth-order valence-electron chi connectivity index (χ4n) is 4.45. The first kappa shape index (κ1) is 21.0. The summed E-state index contributed by atoms with van der Waals surface area (Å²) in [5.41, 5.74) is 5.42. The van der Waals surface area contributed by atoms with Gasteiger partial charge in [0.05, 0.1) is 5.69 Å². The smallest absolute Gasteiger partial charge is 0.222 e. The topological polar surface area (TPSA) is 87.8 Å². The maximum Gasteiger partial charge on any atom is 0.222 e. The number of likely N-dealkylation sites (tertiary alicyclic amines) is 1. The van der Waals surface area contributed by atoms with E-state index >= 15 is 0 Å². The number of hydrogen-bond acceptors (Lipinski definition) is 5. The molecule has 0 atom stereocenters. The number of piperidine rings is 1. The largest absolute Gasteiger partial charge is 0.508 e. The second-order valence-electron chi connectivity index (χ2n) is 8.38. The average molecular weight is 421 g/mol. The van der Waals surface area contributed by atoms with Crippen molar-refractivity contribution in [3.05, 3.63) is 58.5 Å². The Morgan fingerprint density at radius 1 is 1.10 bits per heavy atom. The zero-order valence-corrected chi connectivity index (χ0v) is 18.3. The lowest BCUT2D eigenvalue weighted by Gasteiger charge is -2.31. The minimum atomic E-state index is -0.0762. The highest BCUT2D eigenvalue weighted by molar-refractivity contribution is 5.98. The molecule has 3 aromatic rings. The van der Waals surface area contributed by atoms with E-state index in [2.05, 4.69) is 10.1 Å². The highest BCUT2D eigenvalue weighted by Crippen LogP contribution is 2.24. The van der Waals surface area contributed by atoms with E-state index in [4.69, 9.17) is 0 Å². The van der Waals surface area contributed by atoms with Crippen molar-refractivity contribution in [1.29, 1.82) is 0 Å². The van der Waals surface area contributed by atoms with Gasteiger partial charge in [-0.15, -0.1) is 0 Å². The van der Waals surface area contributed by atoms with Crippen LogP contribution in [0.4, 0.5) is 0 Å². The molecule has 1 saturated heterocycles. The molecule has 1 amide bonds. The number of aryl methyl sites for hydroxylation is 3. The predicted octanol–water partition coefficient (Wildman–Crippen LogP) is 3.41. The molecule has 7 nitrogen and oxygen atoms in total. The molecule has 1 N–H and O–H groups in total. The van der Waals surface area contributed by atoms with E-state index in [9.17, 15) is 14.7 Å². The lowest BCUT2D eigenvalue weighted by atomic mass is 9.88. The van der Waals surface area contributed by atoms with E-state index in [0.29, 0.717) is 44.3 Å². The summed E-state index contributed by atoms with van der Waals surface area (Å²) < 4.78 is 1.85. The Morgan fingerprint density at radius 2 is 1.77 bits per heavy atom. The van der Waals surface area contributed by atoms with Crippen molar-refractivity contribution in [2.75, 3.05) is 13.1 Å². The highest BCUT2D eigenvalue weighted by atomic mass is 16.3. The monoisotopic (exact) mass is 420 g/mol. The summed E-state index contributed by atoms with van der Waals surface area (Å²) in [4.78, 5) is 32.0. The summed E-state index contributed by atoms with van der Waals surface area (Å²) in [5.74, 6) is 0.283. The number of Topliss-reactive ketones (excluding diaryl/α,β-unsaturated/α-hetero) is 1. The van der Waals surface area contributed by atoms with Crippen molar-refractivity contribution in [2.45, 2.75) is 46.5 Å². The van der Waals surface area contributed by atoms with Crippen LogP contribution in [0.3, 0.4) is 0 Å². The van der Waals surface area contributed by atoms with Crippen molar-refractivity contribution >= 4 is 17.3 Å². The van der Waals surface area contributed by atoms with Gasteiger partial charge in [0.15, 0.2) is 11.4 Å². The SMILES string of the molecule is Cc1cc2nc(C)c(CCC(=O)N3CCC(C(=O)c4ccc(O)cc4)CC3)c(C)n2n1. The van der Waals surface area contributed by atoms with E-state index in [1.807, 2.05) is 36.3 Å². The van der Waals surface area contributed by atoms with Gasteiger partial charge in [0.25, 0.3) is 0 Å². The Hall–Kier alpha value is -3.22. The van der Waals surface area contributed by atoms with Gasteiger partial charge in [-0.2, -0.15) is 5.10 Å². The van der Waals surface area contributed by atoms with E-state index in [-0.39, 0.29) is 23.4 Å². The maximum atomic E-state index is 12.8. The number of phenols is 1. The number of benzene rings is 1. The second-order valence-corrected chi connectivity index (χ2v) is 8.38. The van der Waals surface area contributed by atoms with Crippen LogP contribution in [0.15, 0.2) is 30.3 Å². The summed E-state index contributed by atoms with van der Waals surface area (Å²) >= 11 is 0. The molecule has 1 aromatic carbocycles. The molecule has 31 heavy (non-hydrogen) atoms. The predicted molar refractivity (Wildman–Crippen MR) is 117 cm³/mol. The van der Waals surface area contributed by atoms with Crippen LogP contribution in [-0.4, -0.2) is 49.4 Å². The summed E-state index contributed by atoms with van der Waals surface area (Å²) in [5, 5.41) is 13.9. The summed E-state index contributed by atoms with van der Waals surface area (Å²) in [6, 6.07) is 8.34. The number of hydrogen-bond donors (Lipinski definition) is 1. The van der Waals surface area contributed by atoms with Crippen LogP contribution < -0.4 is 0 Å². The average Bonchev–Trinajstić information content (AvgIpc) is 3.14. The summed E-state index contributed by atoms with van der Waals surface area (Å²) in [6.07, 6.45) is 2.39. The van der Waals surface area contributed by atoms with Crippen molar-refractivity contribution in [3.63, 3.8) is 0 Å². The Bertz CT molecular complexity index is 1130. The van der Waals surface area contributed by atoms with Gasteiger partial charge >= 0.3 is 0 Å². The van der Waals surface area contributed by atoms with Crippen LogP contribution in [0.1, 0.15) is 52.3 Å². The standard InChI is InChI=1S/C24H28N4O3/c1-15-14-22-25-16(2)21(17(3)28(22)26-15)8-9-23(30)27-12-10-19(11-13-27)24(31)18-4-6-20(29)7-5-18/h4-7,14,19,29H,8-13H2,1-3H3. The molecule has 0 spiro atoms. The molecule has 0 radical (unpaired) electrons. The summed E-state index contributed by atoms with van der Waals surface area (Å²) in [6.45, 7) is 7.15.